The number of allylic oxidation sites excluding steroid dienone is 4. The van der Waals surface area contributed by atoms with Crippen molar-refractivity contribution in [2.75, 3.05) is 0 Å². The van der Waals surface area contributed by atoms with Crippen LogP contribution in [0.1, 0.15) is 31.4 Å². The van der Waals surface area contributed by atoms with Crippen LogP contribution in [0.2, 0.25) is 0 Å². The van der Waals surface area contributed by atoms with Gasteiger partial charge in [-0.1, -0.05) is 124 Å². The molecule has 0 N–H and O–H groups in total. The van der Waals surface area contributed by atoms with Gasteiger partial charge >= 0.3 is 21.7 Å². The Morgan fingerprint density at radius 3 is 1.83 bits per heavy atom. The summed E-state index contributed by atoms with van der Waals surface area (Å²) in [5, 5.41) is 6.67. The van der Waals surface area contributed by atoms with Gasteiger partial charge in [0.1, 0.15) is 0 Å². The molecule has 4 aromatic rings. The third kappa shape index (κ3) is 4.84. The maximum absolute atomic E-state index is 3.82. The first-order valence-electron chi connectivity index (χ1n) is 11.6. The summed E-state index contributed by atoms with van der Waals surface area (Å²) >= 11 is 0. The molecule has 0 unspecified atom stereocenters. The van der Waals surface area contributed by atoms with Crippen LogP contribution in [0.3, 0.4) is 0 Å². The third-order valence-corrected chi connectivity index (χ3v) is 9.81. The topological polar surface area (TPSA) is 0 Å². The first-order chi connectivity index (χ1) is 16.2. The van der Waals surface area contributed by atoms with Crippen molar-refractivity contribution in [3.63, 3.8) is 0 Å². The van der Waals surface area contributed by atoms with E-state index >= 15 is 0 Å². The summed E-state index contributed by atoms with van der Waals surface area (Å²) in [6, 6.07) is 35.6. The fraction of sp³-hybridized carbons (Fsp3) is 0.0938. The molecule has 175 valence electrons. The van der Waals surface area contributed by atoms with Crippen molar-refractivity contribution in [3.8, 4) is 0 Å². The van der Waals surface area contributed by atoms with E-state index in [-0.39, 0.29) is 46.5 Å². The van der Waals surface area contributed by atoms with E-state index in [2.05, 4.69) is 123 Å². The summed E-state index contributed by atoms with van der Waals surface area (Å²) in [6.07, 6.45) is 7.20. The van der Waals surface area contributed by atoms with Crippen LogP contribution in [0.4, 0.5) is 0 Å². The van der Waals surface area contributed by atoms with Gasteiger partial charge in [-0.25, -0.2) is 0 Å². The van der Waals surface area contributed by atoms with Crippen LogP contribution in [-0.2, 0) is 21.7 Å². The average molecular weight is 556 g/mol. The molecule has 0 spiro atoms. The van der Waals surface area contributed by atoms with Crippen LogP contribution in [-0.4, -0.2) is 8.41 Å². The van der Waals surface area contributed by atoms with Gasteiger partial charge in [-0.15, -0.1) is 33.4 Å². The Hall–Kier alpha value is -2.26. The summed E-state index contributed by atoms with van der Waals surface area (Å²) in [5.74, 6) is 0. The molecule has 0 atom stereocenters. The van der Waals surface area contributed by atoms with Gasteiger partial charge in [-0.2, -0.15) is 0 Å². The van der Waals surface area contributed by atoms with Gasteiger partial charge in [0.25, 0.3) is 0 Å². The number of fused-ring (bicyclic) bond motifs is 2. The summed E-state index contributed by atoms with van der Waals surface area (Å²) in [6.45, 7) is 4.53. The van der Waals surface area contributed by atoms with Crippen molar-refractivity contribution in [2.45, 2.75) is 20.3 Å². The molecule has 0 nitrogen and oxygen atoms in total. The van der Waals surface area contributed by atoms with Crippen molar-refractivity contribution in [1.29, 1.82) is 0 Å². The molecule has 2 aliphatic carbocycles. The number of benzene rings is 4. The molecule has 0 saturated heterocycles. The van der Waals surface area contributed by atoms with Crippen molar-refractivity contribution < 1.29 is 46.5 Å². The molecule has 0 heterocycles. The van der Waals surface area contributed by atoms with Gasteiger partial charge < -0.3 is 24.8 Å². The van der Waals surface area contributed by atoms with E-state index in [0.717, 1.165) is 6.42 Å². The second kappa shape index (κ2) is 11.9. The quantitative estimate of drug-likeness (QED) is 0.203. The van der Waals surface area contributed by atoms with Gasteiger partial charge in [-0.3, -0.25) is 0 Å². The molecule has 0 saturated carbocycles. The molecule has 4 aromatic carbocycles. The maximum atomic E-state index is 3.82. The predicted molar refractivity (Wildman–Crippen MR) is 140 cm³/mol. The fourth-order valence-electron chi connectivity index (χ4n) is 5.22. The number of hydrogen-bond donors (Lipinski definition) is 0. The van der Waals surface area contributed by atoms with Crippen molar-refractivity contribution >= 4 is 30.4 Å². The standard InChI is InChI=1S/C32H25Si.2ClH.Ti/c1-22-17-18-27(23(22)2)32-30-21-24-11-9-10-16-28(24)29(30)19-20-31(32)33(25-12-5-3-6-13-25)26-14-7-4-8-15-26;;;/h3-17,19-20H,18H2,1-2H3;2*1H;/q-1;;;+3/p-2. The second-order valence-corrected chi connectivity index (χ2v) is 11.3. The molecular weight excluding hydrogens is 531 g/mol. The van der Waals surface area contributed by atoms with E-state index in [4.69, 9.17) is 0 Å². The predicted octanol–water partition coefficient (Wildman–Crippen LogP) is -0.736. The smallest absolute Gasteiger partial charge is 1.00 e. The number of hydrogen-bond acceptors (Lipinski definition) is 0. The van der Waals surface area contributed by atoms with Crippen molar-refractivity contribution in [2.24, 2.45) is 0 Å². The molecule has 0 aliphatic heterocycles. The Bertz CT molecular complexity index is 1650. The molecular formula is C32H25Cl2SiTi. The van der Waals surface area contributed by atoms with Crippen molar-refractivity contribution in [1.82, 2.24) is 0 Å². The SMILES string of the molecule is CC1=CCC(c2c3c(ccc2=[Si](c2ccccc2)c2ccccc2)=c2ccccc2=[C-]3)=C1C.[Cl-].[Cl-].[Ti+3]. The molecule has 36 heavy (non-hydrogen) atoms. The summed E-state index contributed by atoms with van der Waals surface area (Å²) < 4.78 is 0. The molecule has 0 aromatic heterocycles. The minimum atomic E-state index is -1.19. The molecule has 1 radical (unpaired) electrons. The number of rotatable bonds is 3. The normalized spacial score (nSPS) is 12.8. The maximum Gasteiger partial charge on any atom is 3.00 e. The van der Waals surface area contributed by atoms with E-state index < -0.39 is 8.41 Å². The Morgan fingerprint density at radius 1 is 0.667 bits per heavy atom. The van der Waals surface area contributed by atoms with Gasteiger partial charge in [0.2, 0.25) is 0 Å². The Labute approximate surface area is 241 Å². The van der Waals surface area contributed by atoms with E-state index in [1.54, 1.807) is 0 Å². The zero-order chi connectivity index (χ0) is 22.4. The minimum absolute atomic E-state index is 0. The summed E-state index contributed by atoms with van der Waals surface area (Å²) in [7, 11) is -1.19. The first kappa shape index (κ1) is 28.3. The molecule has 6 rings (SSSR count). The minimum Gasteiger partial charge on any atom is -1.00 e. The molecule has 4 heteroatoms. The summed E-state index contributed by atoms with van der Waals surface area (Å²) in [5.41, 5.74) is 6.98. The zero-order valence-corrected chi connectivity index (χ0v) is 24.4. The third-order valence-electron chi connectivity index (χ3n) is 7.03. The van der Waals surface area contributed by atoms with Crippen LogP contribution in [0.25, 0.3) is 11.6 Å². The van der Waals surface area contributed by atoms with E-state index in [1.165, 1.54) is 58.7 Å². The van der Waals surface area contributed by atoms with Crippen LogP contribution in [0.15, 0.2) is 114 Å². The zero-order valence-electron chi connectivity index (χ0n) is 20.3. The van der Waals surface area contributed by atoms with E-state index in [1.807, 2.05) is 0 Å². The Kier molecular flexibility index (Phi) is 9.33. The van der Waals surface area contributed by atoms with Crippen LogP contribution < -0.4 is 40.4 Å². The van der Waals surface area contributed by atoms with Crippen LogP contribution in [0.5, 0.6) is 0 Å². The Balaban J connectivity index is 0.00000120. The van der Waals surface area contributed by atoms with Gasteiger partial charge in [0, 0.05) is 0 Å². The first-order valence-corrected chi connectivity index (χ1v) is 13.1. The van der Waals surface area contributed by atoms with Gasteiger partial charge in [0.15, 0.2) is 0 Å². The number of halogens is 2. The molecule has 2 aliphatic rings. The molecule has 0 fully saturated rings. The van der Waals surface area contributed by atoms with E-state index in [9.17, 15) is 0 Å². The largest absolute Gasteiger partial charge is 3.00 e. The average Bonchev–Trinajstić information content (AvgIpc) is 3.40. The van der Waals surface area contributed by atoms with Crippen LogP contribution in [0, 0.1) is 15.3 Å². The molecule has 0 bridgehead atoms. The molecule has 0 amide bonds. The van der Waals surface area contributed by atoms with Crippen molar-refractivity contribution in [3.05, 3.63) is 146 Å². The monoisotopic (exact) mass is 555 g/mol. The van der Waals surface area contributed by atoms with Crippen LogP contribution >= 0.6 is 0 Å². The van der Waals surface area contributed by atoms with Gasteiger partial charge in [0.05, 0.1) is 8.41 Å². The van der Waals surface area contributed by atoms with Gasteiger partial charge in [-0.05, 0) is 30.6 Å². The Morgan fingerprint density at radius 2 is 1.25 bits per heavy atom. The fourth-order valence-corrected chi connectivity index (χ4v) is 8.00. The van der Waals surface area contributed by atoms with E-state index in [0.29, 0.717) is 0 Å². The summed E-state index contributed by atoms with van der Waals surface area (Å²) in [4.78, 5) is 1.47. The second-order valence-electron chi connectivity index (χ2n) is 8.88.